The van der Waals surface area contributed by atoms with Gasteiger partial charge in [-0.3, -0.25) is 0 Å². The number of rotatable bonds is 4. The van der Waals surface area contributed by atoms with E-state index >= 15 is 0 Å². The molecular weight excluding hydrogens is 803 g/mol. The Morgan fingerprint density at radius 1 is 0.667 bits per heavy atom. The van der Waals surface area contributed by atoms with Crippen LogP contribution < -0.4 is 0 Å². The molecule has 0 spiro atoms. The van der Waals surface area contributed by atoms with E-state index in [4.69, 9.17) is 4.42 Å². The van der Waals surface area contributed by atoms with E-state index in [0.29, 0.717) is 11.1 Å². The number of pyridine rings is 2. The van der Waals surface area contributed by atoms with Gasteiger partial charge in [0.05, 0.1) is 17.2 Å². The van der Waals surface area contributed by atoms with Crippen molar-refractivity contribution >= 4 is 21.9 Å². The first-order chi connectivity index (χ1) is 24.3. The molecule has 0 fully saturated rings. The molecule has 51 heavy (non-hydrogen) atoms. The van der Waals surface area contributed by atoms with Crippen molar-refractivity contribution in [3.05, 3.63) is 169 Å². The quantitative estimate of drug-likeness (QED) is 0.166. The van der Waals surface area contributed by atoms with Crippen LogP contribution >= 0.6 is 0 Å². The molecule has 8 aromatic rings. The molecule has 3 heterocycles. The summed E-state index contributed by atoms with van der Waals surface area (Å²) in [6.45, 7) is 8.65. The topological polar surface area (TPSA) is 62.7 Å². The molecule has 0 N–H and O–H groups in total. The molecule has 0 atom stereocenters. The average molecular weight is 838 g/mol. The molecule has 0 unspecified atom stereocenters. The van der Waals surface area contributed by atoms with Gasteiger partial charge in [-0.05, 0) is 51.2 Å². The molecule has 0 saturated carbocycles. The van der Waals surface area contributed by atoms with Gasteiger partial charge in [0.25, 0.3) is 0 Å². The fourth-order valence-electron chi connectivity index (χ4n) is 6.00. The summed E-state index contributed by atoms with van der Waals surface area (Å²) in [5.41, 5.74) is 12.3. The molecule has 0 aliphatic carbocycles. The molecule has 1 radical (unpaired) electrons. The minimum Gasteiger partial charge on any atom is -0.500 e. The second kappa shape index (κ2) is 15.1. The number of aryl methyl sites for hydroxylation is 1. The minimum atomic E-state index is 0. The van der Waals surface area contributed by atoms with E-state index < -0.39 is 0 Å². The van der Waals surface area contributed by atoms with Crippen LogP contribution in [0.15, 0.2) is 144 Å². The molecular formula is C46H35IrN3O-2. The Kier molecular flexibility index (Phi) is 10.4. The fraction of sp³-hybridized carbons (Fsp3) is 0.109. The Labute approximate surface area is 312 Å². The fourth-order valence-corrected chi connectivity index (χ4v) is 6.00. The van der Waals surface area contributed by atoms with Gasteiger partial charge in [-0.1, -0.05) is 124 Å². The van der Waals surface area contributed by atoms with E-state index in [1.807, 2.05) is 72.9 Å². The summed E-state index contributed by atoms with van der Waals surface area (Å²) in [5, 5.41) is 11.8. The van der Waals surface area contributed by atoms with Crippen LogP contribution in [0, 0.1) is 30.4 Å². The minimum absolute atomic E-state index is 0. The van der Waals surface area contributed by atoms with Gasteiger partial charge in [-0.2, -0.15) is 5.26 Å². The van der Waals surface area contributed by atoms with Crippen molar-refractivity contribution in [1.29, 1.82) is 5.26 Å². The maximum Gasteiger partial charge on any atom is 0.130 e. The normalized spacial score (nSPS) is 11.0. The van der Waals surface area contributed by atoms with Gasteiger partial charge >= 0.3 is 0 Å². The number of hydrogen-bond donors (Lipinski definition) is 0. The zero-order valence-corrected chi connectivity index (χ0v) is 31.3. The number of benzene rings is 5. The molecule has 0 bridgehead atoms. The number of aromatic nitrogens is 2. The maximum absolute atomic E-state index is 9.87. The van der Waals surface area contributed by atoms with Crippen molar-refractivity contribution in [1.82, 2.24) is 9.97 Å². The van der Waals surface area contributed by atoms with Crippen molar-refractivity contribution in [2.24, 2.45) is 0 Å². The molecule has 0 aliphatic heterocycles. The van der Waals surface area contributed by atoms with Crippen molar-refractivity contribution in [2.75, 3.05) is 0 Å². The predicted molar refractivity (Wildman–Crippen MR) is 203 cm³/mol. The second-order valence-corrected chi connectivity index (χ2v) is 13.3. The summed E-state index contributed by atoms with van der Waals surface area (Å²) in [4.78, 5) is 8.99. The van der Waals surface area contributed by atoms with E-state index in [9.17, 15) is 5.26 Å². The van der Waals surface area contributed by atoms with Crippen LogP contribution in [-0.4, -0.2) is 9.97 Å². The van der Waals surface area contributed by atoms with Crippen LogP contribution in [0.25, 0.3) is 66.7 Å². The van der Waals surface area contributed by atoms with Crippen molar-refractivity contribution in [3.8, 4) is 50.8 Å². The van der Waals surface area contributed by atoms with E-state index in [2.05, 4.69) is 117 Å². The van der Waals surface area contributed by atoms with Gasteiger partial charge in [0.15, 0.2) is 0 Å². The van der Waals surface area contributed by atoms with Gasteiger partial charge in [0, 0.05) is 43.4 Å². The van der Waals surface area contributed by atoms with E-state index in [0.717, 1.165) is 61.1 Å². The van der Waals surface area contributed by atoms with Crippen molar-refractivity contribution in [3.63, 3.8) is 0 Å². The Morgan fingerprint density at radius 3 is 2.04 bits per heavy atom. The van der Waals surface area contributed by atoms with Crippen LogP contribution in [-0.2, 0) is 25.5 Å². The summed E-state index contributed by atoms with van der Waals surface area (Å²) in [6.07, 6.45) is 3.72. The summed E-state index contributed by atoms with van der Waals surface area (Å²) >= 11 is 0. The van der Waals surface area contributed by atoms with Gasteiger partial charge in [0.1, 0.15) is 5.58 Å². The molecule has 0 saturated heterocycles. The molecule has 0 aliphatic rings. The Hall–Kier alpha value is -5.66. The van der Waals surface area contributed by atoms with Gasteiger partial charge in [0.2, 0.25) is 0 Å². The summed E-state index contributed by atoms with van der Waals surface area (Å²) in [7, 11) is 0. The monoisotopic (exact) mass is 838 g/mol. The zero-order chi connectivity index (χ0) is 34.7. The number of nitriles is 1. The third kappa shape index (κ3) is 7.44. The van der Waals surface area contributed by atoms with Gasteiger partial charge in [-0.25, -0.2) is 0 Å². The van der Waals surface area contributed by atoms with Crippen molar-refractivity contribution in [2.45, 2.75) is 33.1 Å². The number of furan rings is 1. The standard InChI is InChI=1S/C30H17N2O.C16H18N.Ir/c31-19-23-16-17-25-24-9-6-10-26(27-11-4-5-18-32-27)29(24)33-30(25)28(23)22-14-12-21(13-15-22)20-7-2-1-3-8-20;1-12-5-7-13(8-6-12)15-10-9-14(11-17-15)16(2,3)4;/h1-9,11-18H;5-7,9-11H,1-4H3;/q2*-1;. The largest absolute Gasteiger partial charge is 0.500 e. The zero-order valence-electron chi connectivity index (χ0n) is 28.9. The van der Waals surface area contributed by atoms with E-state index in [-0.39, 0.29) is 25.5 Å². The molecule has 0 amide bonds. The Morgan fingerprint density at radius 2 is 1.39 bits per heavy atom. The van der Waals surface area contributed by atoms with Crippen molar-refractivity contribution < 1.29 is 24.5 Å². The predicted octanol–water partition coefficient (Wildman–Crippen LogP) is 11.8. The molecule has 3 aromatic heterocycles. The number of hydrogen-bond acceptors (Lipinski definition) is 4. The molecule has 251 valence electrons. The summed E-state index contributed by atoms with van der Waals surface area (Å²) < 4.78 is 6.46. The first-order valence-corrected chi connectivity index (χ1v) is 16.6. The summed E-state index contributed by atoms with van der Waals surface area (Å²) in [5.74, 6) is 0. The average Bonchev–Trinajstić information content (AvgIpc) is 3.54. The molecule has 8 rings (SSSR count). The molecule has 4 nitrogen and oxygen atoms in total. The van der Waals surface area contributed by atoms with Crippen LogP contribution in [0.1, 0.15) is 37.5 Å². The third-order valence-corrected chi connectivity index (χ3v) is 8.80. The molecule has 5 heteroatoms. The van der Waals surface area contributed by atoms with E-state index in [1.54, 1.807) is 6.20 Å². The number of nitrogens with zero attached hydrogens (tertiary/aromatic N) is 3. The smallest absolute Gasteiger partial charge is 0.130 e. The SMILES string of the molecule is Cc1c[c-]c(-c2ccc(C(C)(C)C)cn2)cc1.N#Cc1ccc2c(oc3c(-c4ccccn4)[c-]ccc32)c1-c1ccc(-c2ccccc2)cc1.[Ir]. The maximum atomic E-state index is 9.87. The van der Waals surface area contributed by atoms with E-state index in [1.165, 1.54) is 11.1 Å². The first-order valence-electron chi connectivity index (χ1n) is 16.6. The first kappa shape index (κ1) is 35.2. The van der Waals surface area contributed by atoms with Gasteiger partial charge in [-0.15, -0.1) is 53.6 Å². The van der Waals surface area contributed by atoms with Gasteiger partial charge < -0.3 is 14.4 Å². The summed E-state index contributed by atoms with van der Waals surface area (Å²) in [6, 6.07) is 51.3. The number of fused-ring (bicyclic) bond motifs is 3. The molecule has 5 aromatic carbocycles. The van der Waals surface area contributed by atoms with Crippen LogP contribution in [0.4, 0.5) is 0 Å². The Bertz CT molecular complexity index is 2440. The van der Waals surface area contributed by atoms with Crippen LogP contribution in [0.3, 0.4) is 0 Å². The Balaban J connectivity index is 0.000000211. The van der Waals surface area contributed by atoms with Crippen LogP contribution in [0.2, 0.25) is 0 Å². The van der Waals surface area contributed by atoms with Crippen LogP contribution in [0.5, 0.6) is 0 Å². The second-order valence-electron chi connectivity index (χ2n) is 13.3. The third-order valence-electron chi connectivity index (χ3n) is 8.80.